The maximum absolute atomic E-state index is 10.4. The Morgan fingerprint density at radius 2 is 0.982 bits per heavy atom. The minimum Gasteiger partial charge on any atom is -0.455 e. The fourth-order valence-electron chi connectivity index (χ4n) is 8.71. The molecule has 11 rings (SSSR count). The highest BCUT2D eigenvalue weighted by Gasteiger charge is 2.20. The van der Waals surface area contributed by atoms with Crippen LogP contribution in [0.5, 0.6) is 0 Å². The number of rotatable bonds is 4. The van der Waals surface area contributed by atoms with Crippen LogP contribution in [-0.4, -0.2) is 9.13 Å². The molecule has 0 spiro atoms. The number of hydrogen-bond donors (Lipinski definition) is 0. The summed E-state index contributed by atoms with van der Waals surface area (Å²) in [6.07, 6.45) is 0. The lowest BCUT2D eigenvalue weighted by Crippen LogP contribution is -1.97. The lowest BCUT2D eigenvalue weighted by molar-refractivity contribution is 0.673. The van der Waals surface area contributed by atoms with Crippen molar-refractivity contribution in [2.45, 2.75) is 0 Å². The second-order valence-corrected chi connectivity index (χ2v) is 14.3. The highest BCUT2D eigenvalue weighted by atomic mass is 16.3. The lowest BCUT2D eigenvalue weighted by Gasteiger charge is -2.15. The van der Waals surface area contributed by atoms with Gasteiger partial charge in [-0.15, -0.1) is 0 Å². The number of hydrogen-bond acceptors (Lipinski definition) is 4. The molecule has 0 aliphatic heterocycles. The normalized spacial score (nSPS) is 11.5. The lowest BCUT2D eigenvalue weighted by atomic mass is 9.93. The van der Waals surface area contributed by atoms with Gasteiger partial charge in [0.2, 0.25) is 0 Å². The van der Waals surface area contributed by atoms with E-state index in [-0.39, 0.29) is 0 Å². The molecule has 11 aromatic rings. The van der Waals surface area contributed by atoms with Gasteiger partial charge in [0.05, 0.1) is 62.4 Å². The Kier molecular flexibility index (Phi) is 6.95. The Morgan fingerprint density at radius 3 is 1.72 bits per heavy atom. The van der Waals surface area contributed by atoms with E-state index in [0.717, 1.165) is 99.2 Å². The zero-order valence-corrected chi connectivity index (χ0v) is 30.2. The molecule has 0 amide bonds. The number of furan rings is 1. The van der Waals surface area contributed by atoms with Crippen LogP contribution < -0.4 is 0 Å². The molecule has 0 saturated carbocycles. The van der Waals surface area contributed by atoms with Gasteiger partial charge in [0.25, 0.3) is 0 Å². The first-order valence-corrected chi connectivity index (χ1v) is 18.6. The fourth-order valence-corrected chi connectivity index (χ4v) is 8.71. The van der Waals surface area contributed by atoms with E-state index in [9.17, 15) is 15.8 Å². The Labute approximate surface area is 326 Å². The summed E-state index contributed by atoms with van der Waals surface area (Å²) in [5, 5.41) is 36.0. The zero-order valence-electron chi connectivity index (χ0n) is 30.2. The first kappa shape index (κ1) is 32.1. The summed E-state index contributed by atoms with van der Waals surface area (Å²) in [7, 11) is 0. The topological polar surface area (TPSA) is 94.4 Å². The van der Waals surface area contributed by atoms with Gasteiger partial charge in [-0.25, -0.2) is 0 Å². The maximum atomic E-state index is 10.4. The molecule has 57 heavy (non-hydrogen) atoms. The van der Waals surface area contributed by atoms with Gasteiger partial charge in [0.1, 0.15) is 11.2 Å². The minimum atomic E-state index is 0.519. The summed E-state index contributed by atoms with van der Waals surface area (Å²) in [5.74, 6) is 0. The molecule has 0 unspecified atom stereocenters. The van der Waals surface area contributed by atoms with E-state index in [0.29, 0.717) is 16.7 Å². The zero-order chi connectivity index (χ0) is 38.2. The molecule has 0 fully saturated rings. The quantitative estimate of drug-likeness (QED) is 0.180. The second kappa shape index (κ2) is 12.3. The number of aromatic nitrogens is 2. The third-order valence-corrected chi connectivity index (χ3v) is 11.2. The van der Waals surface area contributed by atoms with Crippen LogP contribution in [0, 0.1) is 34.0 Å². The third kappa shape index (κ3) is 4.81. The maximum Gasteiger partial charge on any atom is 0.145 e. The van der Waals surface area contributed by atoms with Crippen LogP contribution in [-0.2, 0) is 0 Å². The monoisotopic (exact) mass is 725 g/mol. The first-order chi connectivity index (χ1) is 28.1. The van der Waals surface area contributed by atoms with Crippen LogP contribution in [0.3, 0.4) is 0 Å². The van der Waals surface area contributed by atoms with Crippen molar-refractivity contribution in [1.29, 1.82) is 15.8 Å². The molecule has 0 N–H and O–H groups in total. The molecule has 0 aliphatic rings. The summed E-state index contributed by atoms with van der Waals surface area (Å²) in [5.41, 5.74) is 13.0. The van der Waals surface area contributed by atoms with E-state index in [4.69, 9.17) is 4.42 Å². The van der Waals surface area contributed by atoms with Crippen molar-refractivity contribution in [3.63, 3.8) is 0 Å². The van der Waals surface area contributed by atoms with Crippen LogP contribution in [0.15, 0.2) is 168 Å². The van der Waals surface area contributed by atoms with E-state index in [1.54, 1.807) is 12.1 Å². The molecule has 6 heteroatoms. The molecular formula is C51H27N5O. The van der Waals surface area contributed by atoms with Gasteiger partial charge in [0.15, 0.2) is 0 Å². The van der Waals surface area contributed by atoms with Gasteiger partial charge >= 0.3 is 0 Å². The van der Waals surface area contributed by atoms with Crippen molar-refractivity contribution in [3.8, 4) is 51.8 Å². The van der Waals surface area contributed by atoms with Gasteiger partial charge in [-0.1, -0.05) is 72.8 Å². The molecule has 0 aliphatic carbocycles. The Bertz CT molecular complexity index is 3560. The van der Waals surface area contributed by atoms with Crippen LogP contribution >= 0.6 is 0 Å². The molecular weight excluding hydrogens is 699 g/mol. The van der Waals surface area contributed by atoms with Gasteiger partial charge in [0, 0.05) is 38.3 Å². The standard InChI is InChI=1S/C51H27N5O/c52-28-31-16-19-46-43(24-31)44-25-32(29-53)17-20-47(44)56(46)37-23-33(30-54)22-35(27-37)39-11-2-1-10-38(39)34-8-7-9-36(26-34)55-45-14-5-3-13-42(45)50-48(55)21-18-41-40-12-4-6-15-49(40)57-51(41)50/h1-27H. The van der Waals surface area contributed by atoms with Crippen molar-refractivity contribution in [1.82, 2.24) is 9.13 Å². The molecule has 3 aromatic heterocycles. The van der Waals surface area contributed by atoms with E-state index in [2.05, 4.69) is 112 Å². The van der Waals surface area contributed by atoms with Crippen molar-refractivity contribution in [2.75, 3.05) is 0 Å². The van der Waals surface area contributed by atoms with E-state index in [1.165, 1.54) is 0 Å². The summed E-state index contributed by atoms with van der Waals surface area (Å²) in [6, 6.07) is 62.0. The highest BCUT2D eigenvalue weighted by Crippen LogP contribution is 2.42. The van der Waals surface area contributed by atoms with Crippen LogP contribution in [0.2, 0.25) is 0 Å². The van der Waals surface area contributed by atoms with E-state index >= 15 is 0 Å². The highest BCUT2D eigenvalue weighted by molar-refractivity contribution is 6.24. The number of nitriles is 3. The molecule has 0 radical (unpaired) electrons. The SMILES string of the molecule is N#Cc1cc(-c2ccccc2-c2cccc(-n3c4ccccc4c4c5oc6ccccc6c5ccc43)c2)cc(-n2c3ccc(C#N)cc3c3cc(C#N)ccc32)c1. The number of fused-ring (bicyclic) bond motifs is 10. The number of benzene rings is 8. The third-order valence-electron chi connectivity index (χ3n) is 11.2. The average Bonchev–Trinajstić information content (AvgIpc) is 3.93. The second-order valence-electron chi connectivity index (χ2n) is 14.3. The number of nitrogens with zero attached hydrogens (tertiary/aromatic N) is 5. The molecule has 0 atom stereocenters. The number of para-hydroxylation sites is 2. The molecule has 0 saturated heterocycles. The van der Waals surface area contributed by atoms with Gasteiger partial charge in [-0.3, -0.25) is 0 Å². The van der Waals surface area contributed by atoms with Crippen molar-refractivity contribution in [3.05, 3.63) is 180 Å². The molecule has 8 aromatic carbocycles. The van der Waals surface area contributed by atoms with Crippen molar-refractivity contribution < 1.29 is 4.42 Å². The first-order valence-electron chi connectivity index (χ1n) is 18.6. The molecule has 262 valence electrons. The van der Waals surface area contributed by atoms with Crippen LogP contribution in [0.25, 0.3) is 99.2 Å². The minimum absolute atomic E-state index is 0.519. The van der Waals surface area contributed by atoms with Crippen LogP contribution in [0.1, 0.15) is 16.7 Å². The molecule has 3 heterocycles. The van der Waals surface area contributed by atoms with Crippen molar-refractivity contribution >= 4 is 65.6 Å². The summed E-state index contributed by atoms with van der Waals surface area (Å²) < 4.78 is 11.0. The fraction of sp³-hybridized carbons (Fsp3) is 0. The van der Waals surface area contributed by atoms with Crippen molar-refractivity contribution in [2.24, 2.45) is 0 Å². The Morgan fingerprint density at radius 1 is 0.386 bits per heavy atom. The summed E-state index contributed by atoms with van der Waals surface area (Å²) in [6.45, 7) is 0. The molecule has 6 nitrogen and oxygen atoms in total. The predicted molar refractivity (Wildman–Crippen MR) is 227 cm³/mol. The van der Waals surface area contributed by atoms with Crippen LogP contribution in [0.4, 0.5) is 0 Å². The molecule has 0 bridgehead atoms. The smallest absolute Gasteiger partial charge is 0.145 e. The van der Waals surface area contributed by atoms with E-state index in [1.807, 2.05) is 66.7 Å². The van der Waals surface area contributed by atoms with Gasteiger partial charge in [-0.2, -0.15) is 15.8 Å². The average molecular weight is 726 g/mol. The predicted octanol–water partition coefficient (Wildman–Crippen LogP) is 12.7. The Hall–Kier alpha value is -8.37. The summed E-state index contributed by atoms with van der Waals surface area (Å²) in [4.78, 5) is 0. The van der Waals surface area contributed by atoms with Gasteiger partial charge in [-0.05, 0) is 113 Å². The Balaban J connectivity index is 1.10. The summed E-state index contributed by atoms with van der Waals surface area (Å²) >= 11 is 0. The largest absolute Gasteiger partial charge is 0.455 e. The van der Waals surface area contributed by atoms with E-state index < -0.39 is 0 Å². The van der Waals surface area contributed by atoms with Gasteiger partial charge < -0.3 is 13.6 Å².